The van der Waals surface area contributed by atoms with Gasteiger partial charge in [-0.25, -0.2) is 9.59 Å². The molecule has 0 heterocycles. The molecule has 2 aliphatic carbocycles. The van der Waals surface area contributed by atoms with Crippen LogP contribution in [0.5, 0.6) is 0 Å². The molecule has 1 saturated carbocycles. The van der Waals surface area contributed by atoms with Gasteiger partial charge >= 0.3 is 12.1 Å². The Morgan fingerprint density at radius 2 is 1.67 bits per heavy atom. The number of ether oxygens (including phenoxy) is 1. The minimum Gasteiger partial charge on any atom is -0.480 e. The average molecular weight is 451 g/mol. The van der Waals surface area contributed by atoms with Crippen LogP contribution in [0.2, 0.25) is 0 Å². The predicted molar refractivity (Wildman–Crippen MR) is 124 cm³/mol. The highest BCUT2D eigenvalue weighted by Gasteiger charge is 2.41. The van der Waals surface area contributed by atoms with Crippen LogP contribution in [0, 0.1) is 0 Å². The second kappa shape index (κ2) is 9.65. The van der Waals surface area contributed by atoms with E-state index in [-0.39, 0.29) is 24.9 Å². The van der Waals surface area contributed by atoms with Crippen molar-refractivity contribution in [1.82, 2.24) is 10.6 Å². The molecule has 0 spiro atoms. The first-order valence-corrected chi connectivity index (χ1v) is 11.6. The molecule has 33 heavy (non-hydrogen) atoms. The molecule has 2 amide bonds. The molecule has 0 aromatic heterocycles. The Morgan fingerprint density at radius 1 is 1.06 bits per heavy atom. The van der Waals surface area contributed by atoms with Crippen LogP contribution in [0.25, 0.3) is 11.1 Å². The van der Waals surface area contributed by atoms with Crippen molar-refractivity contribution >= 4 is 18.0 Å². The zero-order valence-corrected chi connectivity index (χ0v) is 18.8. The van der Waals surface area contributed by atoms with Gasteiger partial charge in [0, 0.05) is 12.3 Å². The third-order valence-electron chi connectivity index (χ3n) is 6.73. The fourth-order valence-electron chi connectivity index (χ4n) is 4.90. The summed E-state index contributed by atoms with van der Waals surface area (Å²) in [6, 6.07) is 15.4. The molecule has 2 aromatic carbocycles. The van der Waals surface area contributed by atoms with E-state index in [1.807, 2.05) is 31.2 Å². The number of carboxylic acid groups (broad SMARTS) is 1. The van der Waals surface area contributed by atoms with E-state index >= 15 is 0 Å². The molecular formula is C26H30N2O5. The van der Waals surface area contributed by atoms with Crippen LogP contribution in [-0.2, 0) is 14.3 Å². The second-order valence-corrected chi connectivity index (χ2v) is 9.01. The highest BCUT2D eigenvalue weighted by molar-refractivity contribution is 5.85. The lowest BCUT2D eigenvalue weighted by Gasteiger charge is -2.41. The summed E-state index contributed by atoms with van der Waals surface area (Å²) in [6.07, 6.45) is 2.74. The first-order chi connectivity index (χ1) is 15.9. The van der Waals surface area contributed by atoms with Gasteiger partial charge in [-0.2, -0.15) is 0 Å². The van der Waals surface area contributed by atoms with Gasteiger partial charge in [0.25, 0.3) is 0 Å². The summed E-state index contributed by atoms with van der Waals surface area (Å²) in [7, 11) is 0. The highest BCUT2D eigenvalue weighted by Crippen LogP contribution is 2.44. The Labute approximate surface area is 193 Å². The summed E-state index contributed by atoms with van der Waals surface area (Å²) in [5, 5.41) is 14.8. The van der Waals surface area contributed by atoms with Crippen LogP contribution < -0.4 is 10.6 Å². The average Bonchev–Trinajstić information content (AvgIpc) is 3.09. The number of amides is 2. The molecule has 3 N–H and O–H groups in total. The van der Waals surface area contributed by atoms with E-state index in [0.29, 0.717) is 25.7 Å². The molecule has 174 valence electrons. The van der Waals surface area contributed by atoms with Crippen LogP contribution in [-0.4, -0.2) is 41.3 Å². The number of carbonyl (C=O) groups excluding carboxylic acids is 2. The van der Waals surface area contributed by atoms with Crippen molar-refractivity contribution in [2.45, 2.75) is 62.9 Å². The van der Waals surface area contributed by atoms with Crippen molar-refractivity contribution in [1.29, 1.82) is 0 Å². The van der Waals surface area contributed by atoms with Crippen LogP contribution in [0.4, 0.5) is 4.79 Å². The van der Waals surface area contributed by atoms with Crippen molar-refractivity contribution in [2.75, 3.05) is 6.61 Å². The maximum Gasteiger partial charge on any atom is 0.407 e. The number of nitrogens with one attached hydrogen (secondary N) is 2. The number of carbonyl (C=O) groups is 3. The van der Waals surface area contributed by atoms with Gasteiger partial charge in [-0.1, -0.05) is 61.9 Å². The van der Waals surface area contributed by atoms with Crippen LogP contribution >= 0.6 is 0 Å². The van der Waals surface area contributed by atoms with Gasteiger partial charge in [0.15, 0.2) is 0 Å². The molecule has 0 aliphatic heterocycles. The maximum absolute atomic E-state index is 12.7. The van der Waals surface area contributed by atoms with E-state index < -0.39 is 23.6 Å². The van der Waals surface area contributed by atoms with Crippen LogP contribution in [0.3, 0.4) is 0 Å². The molecule has 0 unspecified atom stereocenters. The second-order valence-electron chi connectivity index (χ2n) is 9.01. The lowest BCUT2D eigenvalue weighted by molar-refractivity contribution is -0.142. The Balaban J connectivity index is 1.36. The highest BCUT2D eigenvalue weighted by atomic mass is 16.5. The smallest absolute Gasteiger partial charge is 0.407 e. The van der Waals surface area contributed by atoms with Crippen molar-refractivity contribution in [3.05, 3.63) is 59.7 Å². The number of hydrogen-bond acceptors (Lipinski definition) is 4. The van der Waals surface area contributed by atoms with E-state index in [0.717, 1.165) is 28.7 Å². The zero-order valence-electron chi connectivity index (χ0n) is 18.8. The molecular weight excluding hydrogens is 420 g/mol. The van der Waals surface area contributed by atoms with Gasteiger partial charge in [0.2, 0.25) is 5.91 Å². The van der Waals surface area contributed by atoms with Gasteiger partial charge in [-0.3, -0.25) is 4.79 Å². The number of fused-ring (bicyclic) bond motifs is 3. The molecule has 1 atom stereocenters. The number of rotatable bonds is 9. The predicted octanol–water partition coefficient (Wildman–Crippen LogP) is 4.21. The molecule has 0 bridgehead atoms. The summed E-state index contributed by atoms with van der Waals surface area (Å²) in [5.41, 5.74) is 3.92. The van der Waals surface area contributed by atoms with Crippen LogP contribution in [0.1, 0.15) is 62.5 Å². The fraction of sp³-hybridized carbons (Fsp3) is 0.423. The van der Waals surface area contributed by atoms with E-state index in [9.17, 15) is 19.5 Å². The molecule has 7 heteroatoms. The molecule has 0 radical (unpaired) electrons. The Bertz CT molecular complexity index is 1000. The number of benzene rings is 2. The largest absolute Gasteiger partial charge is 0.480 e. The summed E-state index contributed by atoms with van der Waals surface area (Å²) in [4.78, 5) is 36.5. The first kappa shape index (κ1) is 22.8. The van der Waals surface area contributed by atoms with Crippen molar-refractivity contribution in [3.63, 3.8) is 0 Å². The SMILES string of the molecule is CCC[C@@H](NC(=O)CC1(NC(=O)OCC2c3ccccc3-c3ccccc32)CCC1)C(=O)O. The summed E-state index contributed by atoms with van der Waals surface area (Å²) in [6.45, 7) is 2.08. The fourth-order valence-corrected chi connectivity index (χ4v) is 4.90. The standard InChI is InChI=1S/C26H30N2O5/c1-2-8-22(24(30)31)27-23(29)15-26(13-7-14-26)28-25(32)33-16-21-19-11-5-3-9-17(19)18-10-4-6-12-20(18)21/h3-6,9-12,21-22H,2,7-8,13-16H2,1H3,(H,27,29)(H,28,32)(H,30,31)/t22-/m1/s1. The first-order valence-electron chi connectivity index (χ1n) is 11.6. The quantitative estimate of drug-likeness (QED) is 0.531. The Hall–Kier alpha value is -3.35. The number of aliphatic carboxylic acids is 1. The summed E-state index contributed by atoms with van der Waals surface area (Å²) < 4.78 is 5.63. The van der Waals surface area contributed by atoms with Gasteiger partial charge in [-0.15, -0.1) is 0 Å². The normalized spacial score (nSPS) is 16.6. The molecule has 4 rings (SSSR count). The van der Waals surface area contributed by atoms with E-state index in [4.69, 9.17) is 4.74 Å². The van der Waals surface area contributed by atoms with E-state index in [2.05, 4.69) is 34.9 Å². The maximum atomic E-state index is 12.7. The molecule has 2 aliphatic rings. The molecule has 7 nitrogen and oxygen atoms in total. The van der Waals surface area contributed by atoms with Gasteiger partial charge in [0.1, 0.15) is 12.6 Å². The summed E-state index contributed by atoms with van der Waals surface area (Å²) in [5.74, 6) is -1.44. The van der Waals surface area contributed by atoms with Crippen molar-refractivity contribution in [2.24, 2.45) is 0 Å². The van der Waals surface area contributed by atoms with Gasteiger partial charge in [-0.05, 0) is 47.9 Å². The van der Waals surface area contributed by atoms with E-state index in [1.54, 1.807) is 0 Å². The third-order valence-corrected chi connectivity index (χ3v) is 6.73. The lowest BCUT2D eigenvalue weighted by Crippen LogP contribution is -2.57. The Morgan fingerprint density at radius 3 is 2.18 bits per heavy atom. The van der Waals surface area contributed by atoms with Crippen molar-refractivity contribution < 1.29 is 24.2 Å². The summed E-state index contributed by atoms with van der Waals surface area (Å²) >= 11 is 0. The van der Waals surface area contributed by atoms with Gasteiger partial charge in [0.05, 0.1) is 5.54 Å². The van der Waals surface area contributed by atoms with Crippen LogP contribution in [0.15, 0.2) is 48.5 Å². The van der Waals surface area contributed by atoms with Gasteiger partial charge < -0.3 is 20.5 Å². The molecule has 0 saturated heterocycles. The third kappa shape index (κ3) is 4.87. The number of hydrogen-bond donors (Lipinski definition) is 3. The lowest BCUT2D eigenvalue weighted by atomic mass is 9.74. The molecule has 1 fully saturated rings. The van der Waals surface area contributed by atoms with Crippen molar-refractivity contribution in [3.8, 4) is 11.1 Å². The molecule has 2 aromatic rings. The zero-order chi connectivity index (χ0) is 23.4. The minimum atomic E-state index is -1.04. The number of alkyl carbamates (subject to hydrolysis) is 1. The monoisotopic (exact) mass is 450 g/mol. The van der Waals surface area contributed by atoms with E-state index in [1.165, 1.54) is 0 Å². The Kier molecular flexibility index (Phi) is 6.67. The minimum absolute atomic E-state index is 0.0332. The topological polar surface area (TPSA) is 105 Å². The number of carboxylic acids is 1.